The zero-order valence-electron chi connectivity index (χ0n) is 23.6. The van der Waals surface area contributed by atoms with E-state index in [0.29, 0.717) is 24.2 Å². The van der Waals surface area contributed by atoms with Gasteiger partial charge in [0.15, 0.2) is 0 Å². The fourth-order valence-corrected chi connectivity index (χ4v) is 5.23. The Morgan fingerprint density at radius 2 is 0.854 bits per heavy atom. The molecule has 2 aromatic carbocycles. The van der Waals surface area contributed by atoms with Crippen LogP contribution in [0.5, 0.6) is 0 Å². The van der Waals surface area contributed by atoms with Gasteiger partial charge in [-0.15, -0.1) is 0 Å². The number of hydrogen-bond acceptors (Lipinski definition) is 10. The second-order valence-electron chi connectivity index (χ2n) is 10.6. The van der Waals surface area contributed by atoms with Crippen LogP contribution < -0.4 is 0 Å². The van der Waals surface area contributed by atoms with Gasteiger partial charge >= 0.3 is 23.9 Å². The number of carbonyl (C=O) groups excluding carboxylic acids is 4. The van der Waals surface area contributed by atoms with Crippen LogP contribution in [0.25, 0.3) is 0 Å². The first-order valence-electron chi connectivity index (χ1n) is 14.5. The summed E-state index contributed by atoms with van der Waals surface area (Å²) in [6.45, 7) is 8.21. The highest BCUT2D eigenvalue weighted by Gasteiger charge is 2.22. The molecule has 0 spiro atoms. The van der Waals surface area contributed by atoms with Gasteiger partial charge in [-0.25, -0.2) is 9.59 Å². The van der Waals surface area contributed by atoms with E-state index in [1.54, 1.807) is 48.5 Å². The lowest BCUT2D eigenvalue weighted by atomic mass is 10.2. The molecule has 2 unspecified atom stereocenters. The lowest BCUT2D eigenvalue weighted by Crippen LogP contribution is -2.42. The maximum Gasteiger partial charge on any atom is 0.345 e. The van der Waals surface area contributed by atoms with Gasteiger partial charge in [0.25, 0.3) is 0 Å². The number of fused-ring (bicyclic) bond motifs is 4. The molecule has 2 bridgehead atoms. The topological polar surface area (TPSA) is 99.7 Å². The zero-order chi connectivity index (χ0) is 28.9. The van der Waals surface area contributed by atoms with Crippen molar-refractivity contribution in [2.24, 2.45) is 0 Å². The van der Waals surface area contributed by atoms with Gasteiger partial charge in [-0.3, -0.25) is 19.4 Å². The molecule has 10 heteroatoms. The van der Waals surface area contributed by atoms with Gasteiger partial charge in [0.2, 0.25) is 0 Å². The maximum absolute atomic E-state index is 12.6. The molecule has 2 heterocycles. The third kappa shape index (κ3) is 10.5. The van der Waals surface area contributed by atoms with Crippen molar-refractivity contribution in [3.8, 4) is 0 Å². The lowest BCUT2D eigenvalue weighted by molar-refractivity contribution is -0.140. The molecule has 0 N–H and O–H groups in total. The summed E-state index contributed by atoms with van der Waals surface area (Å²) in [4.78, 5) is 58.8. The van der Waals surface area contributed by atoms with Crippen LogP contribution in [-0.2, 0) is 19.1 Å². The van der Waals surface area contributed by atoms with Crippen molar-refractivity contribution in [3.05, 3.63) is 71.8 Å². The summed E-state index contributed by atoms with van der Waals surface area (Å²) in [5.74, 6) is -2.32. The van der Waals surface area contributed by atoms with Crippen LogP contribution in [0.15, 0.2) is 60.7 Å². The van der Waals surface area contributed by atoms with E-state index in [2.05, 4.69) is 19.6 Å². The standard InChI is InChI=1S/C31H40N4O6/c36-28(40-30(38)26-10-3-1-4-11-26)24-34-18-8-16-33-15-7-14-32(20-22-34)17-9-19-35(23-21-33)25-29(37)41-31(39)27-12-5-2-6-13-27/h1-6,10-13H,7-9,14-25H2. The Balaban J connectivity index is 1.30. The largest absolute Gasteiger partial charge is 0.388 e. The first kappa shape index (κ1) is 30.5. The van der Waals surface area contributed by atoms with Crippen LogP contribution in [0, 0.1) is 0 Å². The minimum Gasteiger partial charge on any atom is -0.388 e. The van der Waals surface area contributed by atoms with Crippen LogP contribution in [0.4, 0.5) is 0 Å². The van der Waals surface area contributed by atoms with Crippen LogP contribution in [-0.4, -0.2) is 122 Å². The third-order valence-electron chi connectivity index (χ3n) is 7.45. The van der Waals surface area contributed by atoms with Crippen molar-refractivity contribution in [2.75, 3.05) is 78.5 Å². The number of hydrogen-bond donors (Lipinski definition) is 0. The normalized spacial score (nSPS) is 21.3. The predicted molar refractivity (Wildman–Crippen MR) is 153 cm³/mol. The molecular weight excluding hydrogens is 524 g/mol. The van der Waals surface area contributed by atoms with Crippen molar-refractivity contribution >= 4 is 23.9 Å². The molecule has 0 saturated carbocycles. The Kier molecular flexibility index (Phi) is 12.0. The van der Waals surface area contributed by atoms with E-state index in [1.807, 2.05) is 12.1 Å². The second kappa shape index (κ2) is 16.1. The Morgan fingerprint density at radius 1 is 0.488 bits per heavy atom. The molecule has 220 valence electrons. The van der Waals surface area contributed by atoms with Crippen molar-refractivity contribution < 1.29 is 28.7 Å². The number of carbonyl (C=O) groups is 4. The van der Waals surface area contributed by atoms with Crippen molar-refractivity contribution in [2.45, 2.75) is 19.3 Å². The molecule has 0 aliphatic carbocycles. The van der Waals surface area contributed by atoms with E-state index in [0.717, 1.165) is 71.6 Å². The highest BCUT2D eigenvalue weighted by molar-refractivity contribution is 5.97. The Labute approximate surface area is 241 Å². The fourth-order valence-electron chi connectivity index (χ4n) is 5.23. The number of rotatable bonds is 6. The fraction of sp³-hybridized carbons (Fsp3) is 0.484. The SMILES string of the molecule is O=C(CN1CCCN2CCCN(CCCN(CC(=O)OC(=O)c3ccccc3)CC2)CC1)OC(=O)c1ccccc1. The highest BCUT2D eigenvalue weighted by Crippen LogP contribution is 2.09. The Hall–Kier alpha value is -3.44. The molecule has 41 heavy (non-hydrogen) atoms. The molecule has 2 aliphatic heterocycles. The van der Waals surface area contributed by atoms with E-state index >= 15 is 0 Å². The first-order chi connectivity index (χ1) is 20.0. The molecule has 0 radical (unpaired) electrons. The van der Waals surface area contributed by atoms with Gasteiger partial charge < -0.3 is 19.3 Å². The molecule has 2 aliphatic rings. The molecule has 10 nitrogen and oxygen atoms in total. The summed E-state index contributed by atoms with van der Waals surface area (Å²) < 4.78 is 10.2. The van der Waals surface area contributed by atoms with E-state index < -0.39 is 23.9 Å². The smallest absolute Gasteiger partial charge is 0.345 e. The first-order valence-corrected chi connectivity index (χ1v) is 14.5. The van der Waals surface area contributed by atoms with Gasteiger partial charge in [-0.2, -0.15) is 0 Å². The Bertz CT molecular complexity index is 1060. The highest BCUT2D eigenvalue weighted by atomic mass is 16.6. The summed E-state index contributed by atoms with van der Waals surface area (Å²) in [7, 11) is 0. The van der Waals surface area contributed by atoms with E-state index in [-0.39, 0.29) is 13.1 Å². The summed E-state index contributed by atoms with van der Waals surface area (Å²) >= 11 is 0. The monoisotopic (exact) mass is 564 g/mol. The summed E-state index contributed by atoms with van der Waals surface area (Å²) in [6, 6.07) is 17.1. The minimum absolute atomic E-state index is 0.0734. The molecule has 2 aromatic rings. The van der Waals surface area contributed by atoms with Gasteiger partial charge in [-0.05, 0) is 69.7 Å². The molecular formula is C31H40N4O6. The van der Waals surface area contributed by atoms with Crippen molar-refractivity contribution in [1.82, 2.24) is 19.6 Å². The predicted octanol–water partition coefficient (Wildman–Crippen LogP) is 2.16. The quantitative estimate of drug-likeness (QED) is 0.383. The summed E-state index contributed by atoms with van der Waals surface area (Å²) in [6.07, 6.45) is 2.78. The Morgan fingerprint density at radius 3 is 1.24 bits per heavy atom. The van der Waals surface area contributed by atoms with E-state index in [4.69, 9.17) is 9.47 Å². The molecule has 2 fully saturated rings. The average Bonchev–Trinajstić information content (AvgIpc) is 3.04. The van der Waals surface area contributed by atoms with E-state index in [9.17, 15) is 19.2 Å². The zero-order valence-corrected chi connectivity index (χ0v) is 23.6. The molecule has 2 atom stereocenters. The molecule has 4 rings (SSSR count). The molecule has 0 aromatic heterocycles. The summed E-state index contributed by atoms with van der Waals surface area (Å²) in [5, 5.41) is 0. The van der Waals surface area contributed by atoms with Crippen LogP contribution in [0.2, 0.25) is 0 Å². The summed E-state index contributed by atoms with van der Waals surface area (Å²) in [5.41, 5.74) is 0.722. The number of esters is 4. The van der Waals surface area contributed by atoms with Gasteiger partial charge in [0.05, 0.1) is 24.2 Å². The van der Waals surface area contributed by atoms with Gasteiger partial charge in [-0.1, -0.05) is 36.4 Å². The third-order valence-corrected chi connectivity index (χ3v) is 7.45. The molecule has 2 saturated heterocycles. The lowest BCUT2D eigenvalue weighted by Gasteiger charge is -2.29. The average molecular weight is 565 g/mol. The van der Waals surface area contributed by atoms with Gasteiger partial charge in [0, 0.05) is 39.3 Å². The van der Waals surface area contributed by atoms with E-state index in [1.165, 1.54) is 0 Å². The molecule has 0 amide bonds. The van der Waals surface area contributed by atoms with Crippen LogP contribution in [0.1, 0.15) is 40.0 Å². The minimum atomic E-state index is -0.624. The maximum atomic E-state index is 12.6. The van der Waals surface area contributed by atoms with Crippen LogP contribution in [0.3, 0.4) is 0 Å². The van der Waals surface area contributed by atoms with Crippen molar-refractivity contribution in [3.63, 3.8) is 0 Å². The van der Waals surface area contributed by atoms with Crippen LogP contribution >= 0.6 is 0 Å². The number of benzene rings is 2. The number of nitrogens with zero attached hydrogens (tertiary/aromatic N) is 4. The van der Waals surface area contributed by atoms with Gasteiger partial charge in [0.1, 0.15) is 0 Å². The number of ether oxygens (including phenoxy) is 2. The van der Waals surface area contributed by atoms with Crippen molar-refractivity contribution in [1.29, 1.82) is 0 Å². The second-order valence-corrected chi connectivity index (χ2v) is 10.6.